The molecule has 2 nitrogen and oxygen atoms in total. The molecule has 2 bridgehead atoms. The molecule has 1 heterocycles. The Morgan fingerprint density at radius 3 is 2.12 bits per heavy atom. The van der Waals surface area contributed by atoms with Crippen LogP contribution in [0.3, 0.4) is 0 Å². The Kier molecular flexibility index (Phi) is 5.08. The van der Waals surface area contributed by atoms with Gasteiger partial charge in [-0.3, -0.25) is 0 Å². The van der Waals surface area contributed by atoms with Crippen LogP contribution in [-0.2, 0) is 16.2 Å². The lowest BCUT2D eigenvalue weighted by Crippen LogP contribution is -2.73. The zero-order valence-electron chi connectivity index (χ0n) is 29.7. The van der Waals surface area contributed by atoms with E-state index in [2.05, 4.69) is 136 Å². The summed E-state index contributed by atoms with van der Waals surface area (Å²) >= 11 is 0. The standard InChI is InChI=1S/C48H45NO/c1-45(2)22-23-46(3,4)43-35(45)17-11-19-37(43)49(38-20-10-15-33-31-13-6-8-21-39(31)50-44(33)38)36-18-9-14-32-30-12-5-7-16-34(30)48(42(32)36)40-25-28-24-29-26-41(48)47(29,40)27-28/h5-21,28-29,40-41H,22-27H2,1-4H3. The molecule has 2 heteroatoms. The fourth-order valence-corrected chi connectivity index (χ4v) is 13.7. The molecule has 6 unspecified atom stereocenters. The predicted octanol–water partition coefficient (Wildman–Crippen LogP) is 12.7. The Morgan fingerprint density at radius 1 is 0.580 bits per heavy atom. The van der Waals surface area contributed by atoms with Crippen LogP contribution in [0, 0.1) is 29.1 Å². The Balaban J connectivity index is 1.20. The molecular formula is C48H45NO. The van der Waals surface area contributed by atoms with E-state index in [1.165, 1.54) is 82.9 Å². The van der Waals surface area contributed by atoms with Crippen LogP contribution < -0.4 is 4.90 Å². The van der Waals surface area contributed by atoms with Gasteiger partial charge in [-0.1, -0.05) is 107 Å². The van der Waals surface area contributed by atoms with E-state index in [4.69, 9.17) is 4.42 Å². The highest BCUT2D eigenvalue weighted by Gasteiger charge is 2.85. The average molecular weight is 652 g/mol. The summed E-state index contributed by atoms with van der Waals surface area (Å²) in [5, 5.41) is 2.38. The van der Waals surface area contributed by atoms with Crippen molar-refractivity contribution in [3.05, 3.63) is 125 Å². The van der Waals surface area contributed by atoms with E-state index < -0.39 is 0 Å². The van der Waals surface area contributed by atoms with Crippen LogP contribution >= 0.6 is 0 Å². The monoisotopic (exact) mass is 651 g/mol. The normalized spacial score (nSPS) is 31.2. The number of hydrogen-bond acceptors (Lipinski definition) is 2. The SMILES string of the molecule is CC1(C)CCC(C)(C)c2c(N(c3cccc4c3C3(c5ccccc5-4)C4CC5CC6CC3C64C5)c3cccc4c3oc3ccccc34)cccc21. The summed E-state index contributed by atoms with van der Waals surface area (Å²) in [6.07, 6.45) is 8.13. The highest BCUT2D eigenvalue weighted by atomic mass is 16.3. The van der Waals surface area contributed by atoms with Crippen molar-refractivity contribution >= 4 is 39.0 Å². The van der Waals surface area contributed by atoms with Gasteiger partial charge in [0, 0.05) is 16.2 Å². The highest BCUT2D eigenvalue weighted by Crippen LogP contribution is 2.90. The number of benzene rings is 5. The molecule has 0 N–H and O–H groups in total. The Morgan fingerprint density at radius 2 is 1.24 bits per heavy atom. The largest absolute Gasteiger partial charge is 0.454 e. The van der Waals surface area contributed by atoms with Crippen LogP contribution in [0.15, 0.2) is 108 Å². The first kappa shape index (κ1) is 28.4. The van der Waals surface area contributed by atoms with E-state index in [-0.39, 0.29) is 16.2 Å². The maximum Gasteiger partial charge on any atom is 0.159 e. The molecule has 0 aliphatic heterocycles. The van der Waals surface area contributed by atoms with Gasteiger partial charge in [0.25, 0.3) is 0 Å². The molecule has 1 aromatic heterocycles. The summed E-state index contributed by atoms with van der Waals surface area (Å²) in [4.78, 5) is 2.69. The molecule has 0 radical (unpaired) electrons. The summed E-state index contributed by atoms with van der Waals surface area (Å²) in [5.74, 6) is 3.35. The second kappa shape index (κ2) is 8.94. The lowest BCUT2D eigenvalue weighted by atomic mass is 9.26. The molecule has 4 fully saturated rings. The van der Waals surface area contributed by atoms with Crippen molar-refractivity contribution in [1.82, 2.24) is 0 Å². The lowest BCUT2D eigenvalue weighted by molar-refractivity contribution is -0.231. The van der Waals surface area contributed by atoms with Crippen molar-refractivity contribution in [3.63, 3.8) is 0 Å². The fourth-order valence-electron chi connectivity index (χ4n) is 13.7. The molecule has 5 aromatic carbocycles. The van der Waals surface area contributed by atoms with Crippen molar-refractivity contribution < 1.29 is 4.42 Å². The van der Waals surface area contributed by atoms with Crippen molar-refractivity contribution in [3.8, 4) is 11.1 Å². The minimum Gasteiger partial charge on any atom is -0.454 e. The molecule has 0 amide bonds. The van der Waals surface area contributed by atoms with Gasteiger partial charge in [0.2, 0.25) is 0 Å². The van der Waals surface area contributed by atoms with Crippen LogP contribution in [0.5, 0.6) is 0 Å². The van der Waals surface area contributed by atoms with Crippen molar-refractivity contribution in [2.45, 2.75) is 82.5 Å². The summed E-state index contributed by atoms with van der Waals surface area (Å²) in [6.45, 7) is 9.88. The van der Waals surface area contributed by atoms with E-state index in [1.807, 2.05) is 0 Å². The molecule has 6 aromatic rings. The van der Waals surface area contributed by atoms with Gasteiger partial charge in [-0.25, -0.2) is 0 Å². The molecule has 248 valence electrons. The Labute approximate surface area is 295 Å². The van der Waals surface area contributed by atoms with E-state index in [0.717, 1.165) is 40.5 Å². The Hall–Kier alpha value is -4.30. The smallest absolute Gasteiger partial charge is 0.159 e. The minimum atomic E-state index is 0.0341. The van der Waals surface area contributed by atoms with E-state index in [1.54, 1.807) is 11.1 Å². The van der Waals surface area contributed by atoms with Gasteiger partial charge in [-0.2, -0.15) is 0 Å². The molecule has 6 atom stereocenters. The van der Waals surface area contributed by atoms with Crippen LogP contribution in [0.4, 0.5) is 17.1 Å². The molecule has 0 saturated heterocycles. The average Bonchev–Trinajstić information content (AvgIpc) is 3.85. The predicted molar refractivity (Wildman–Crippen MR) is 205 cm³/mol. The first-order chi connectivity index (χ1) is 24.2. The van der Waals surface area contributed by atoms with Crippen molar-refractivity contribution in [2.75, 3.05) is 4.90 Å². The van der Waals surface area contributed by atoms with Crippen molar-refractivity contribution in [2.24, 2.45) is 29.1 Å². The fraction of sp³-hybridized carbons (Fsp3) is 0.375. The van der Waals surface area contributed by atoms with E-state index in [9.17, 15) is 0 Å². The third kappa shape index (κ3) is 3.05. The third-order valence-electron chi connectivity index (χ3n) is 15.6. The third-order valence-corrected chi connectivity index (χ3v) is 15.6. The first-order valence-corrected chi connectivity index (χ1v) is 19.3. The zero-order valence-corrected chi connectivity index (χ0v) is 29.7. The Bertz CT molecular complexity index is 2460. The van der Waals surface area contributed by atoms with Gasteiger partial charge >= 0.3 is 0 Å². The molecule has 6 aliphatic rings. The van der Waals surface area contributed by atoms with Gasteiger partial charge in [0.05, 0.1) is 17.1 Å². The van der Waals surface area contributed by atoms with E-state index in [0.29, 0.717) is 5.41 Å². The highest BCUT2D eigenvalue weighted by molar-refractivity contribution is 6.11. The maximum atomic E-state index is 6.91. The summed E-state index contributed by atoms with van der Waals surface area (Å²) in [6, 6.07) is 39.4. The number of nitrogens with zero attached hydrogens (tertiary/aromatic N) is 1. The quantitative estimate of drug-likeness (QED) is 0.189. The molecule has 12 rings (SSSR count). The van der Waals surface area contributed by atoms with Crippen LogP contribution in [0.2, 0.25) is 0 Å². The lowest BCUT2D eigenvalue weighted by Gasteiger charge is -2.76. The number of furan rings is 1. The summed E-state index contributed by atoms with van der Waals surface area (Å²) < 4.78 is 6.91. The van der Waals surface area contributed by atoms with Crippen LogP contribution in [0.1, 0.15) is 88.5 Å². The molecule has 4 saturated carbocycles. The molecule has 6 aliphatic carbocycles. The molecule has 50 heavy (non-hydrogen) atoms. The van der Waals surface area contributed by atoms with Gasteiger partial charge in [0.1, 0.15) is 5.58 Å². The minimum absolute atomic E-state index is 0.0341. The topological polar surface area (TPSA) is 16.4 Å². The first-order valence-electron chi connectivity index (χ1n) is 19.3. The maximum absolute atomic E-state index is 6.91. The number of hydrogen-bond donors (Lipinski definition) is 0. The van der Waals surface area contributed by atoms with Crippen LogP contribution in [0.25, 0.3) is 33.1 Å². The van der Waals surface area contributed by atoms with Gasteiger partial charge in [0.15, 0.2) is 5.58 Å². The van der Waals surface area contributed by atoms with Gasteiger partial charge in [-0.05, 0) is 136 Å². The molecular weight excluding hydrogens is 607 g/mol. The summed E-state index contributed by atoms with van der Waals surface area (Å²) in [5.41, 5.74) is 15.7. The number of rotatable bonds is 3. The zero-order chi connectivity index (χ0) is 33.4. The second-order valence-electron chi connectivity index (χ2n) is 18.4. The van der Waals surface area contributed by atoms with Crippen LogP contribution in [-0.4, -0.2) is 0 Å². The number of anilines is 3. The number of fused-ring (bicyclic) bond motifs is 12. The van der Waals surface area contributed by atoms with E-state index >= 15 is 0 Å². The summed E-state index contributed by atoms with van der Waals surface area (Å²) in [7, 11) is 0. The molecule has 2 spiro atoms. The van der Waals surface area contributed by atoms with Gasteiger partial charge < -0.3 is 9.32 Å². The number of para-hydroxylation sites is 2. The second-order valence-corrected chi connectivity index (χ2v) is 18.4. The van der Waals surface area contributed by atoms with Crippen molar-refractivity contribution in [1.29, 1.82) is 0 Å². The van der Waals surface area contributed by atoms with Gasteiger partial charge in [-0.15, -0.1) is 0 Å².